The topological polar surface area (TPSA) is 83.8 Å². The smallest absolute Gasteiger partial charge is 0.268 e. The lowest BCUT2D eigenvalue weighted by molar-refractivity contribution is 0.0946. The number of hydrogen-bond acceptors (Lipinski definition) is 4. The zero-order valence-electron chi connectivity index (χ0n) is 8.78. The summed E-state index contributed by atoms with van der Waals surface area (Å²) >= 11 is 1.57. The second-order valence-corrected chi connectivity index (χ2v) is 4.71. The number of thiazole rings is 1. The molecular formula is C10H12N4OS. The molecule has 1 amide bonds. The van der Waals surface area contributed by atoms with Crippen LogP contribution in [0.5, 0.6) is 0 Å². The van der Waals surface area contributed by atoms with Crippen LogP contribution in [-0.2, 0) is 6.54 Å². The van der Waals surface area contributed by atoms with Gasteiger partial charge in [-0.3, -0.25) is 4.79 Å². The first-order valence-electron chi connectivity index (χ1n) is 4.78. The quantitative estimate of drug-likeness (QED) is 0.750. The maximum absolute atomic E-state index is 11.6. The van der Waals surface area contributed by atoms with Crippen molar-refractivity contribution in [1.82, 2.24) is 15.3 Å². The summed E-state index contributed by atoms with van der Waals surface area (Å²) in [4.78, 5) is 19.7. The first-order valence-corrected chi connectivity index (χ1v) is 5.60. The molecule has 0 radical (unpaired) electrons. The van der Waals surface area contributed by atoms with E-state index in [1.54, 1.807) is 29.8 Å². The van der Waals surface area contributed by atoms with E-state index in [0.717, 1.165) is 9.88 Å². The van der Waals surface area contributed by atoms with E-state index in [2.05, 4.69) is 15.3 Å². The number of aromatic amines is 1. The number of carbonyl (C=O) groups excluding carboxylic acids is 1. The minimum atomic E-state index is -0.176. The Morgan fingerprint density at radius 1 is 1.69 bits per heavy atom. The zero-order chi connectivity index (χ0) is 11.5. The highest BCUT2D eigenvalue weighted by molar-refractivity contribution is 7.11. The zero-order valence-corrected chi connectivity index (χ0v) is 9.60. The van der Waals surface area contributed by atoms with E-state index in [4.69, 9.17) is 5.73 Å². The Bertz CT molecular complexity index is 502. The molecule has 6 heteroatoms. The van der Waals surface area contributed by atoms with Gasteiger partial charge in [0, 0.05) is 23.0 Å². The summed E-state index contributed by atoms with van der Waals surface area (Å²) in [6.07, 6.45) is 3.38. The summed E-state index contributed by atoms with van der Waals surface area (Å²) in [6, 6.07) is 1.60. The van der Waals surface area contributed by atoms with Crippen molar-refractivity contribution >= 4 is 22.9 Å². The number of nitrogens with two attached hydrogens (primary N) is 1. The summed E-state index contributed by atoms with van der Waals surface area (Å²) in [7, 11) is 0. The molecule has 0 spiro atoms. The predicted octanol–water partition coefficient (Wildman–Crippen LogP) is 1.29. The van der Waals surface area contributed by atoms with Gasteiger partial charge in [0.2, 0.25) is 0 Å². The third-order valence-corrected chi connectivity index (χ3v) is 2.93. The largest absolute Gasteiger partial charge is 0.397 e. The molecule has 0 fully saturated rings. The highest BCUT2D eigenvalue weighted by Crippen LogP contribution is 2.11. The van der Waals surface area contributed by atoms with E-state index in [-0.39, 0.29) is 5.91 Å². The number of nitrogens with one attached hydrogen (secondary N) is 2. The number of amides is 1. The van der Waals surface area contributed by atoms with Crippen LogP contribution in [-0.4, -0.2) is 15.9 Å². The van der Waals surface area contributed by atoms with Gasteiger partial charge in [-0.15, -0.1) is 11.3 Å². The Morgan fingerprint density at radius 3 is 3.06 bits per heavy atom. The molecule has 5 nitrogen and oxygen atoms in total. The van der Waals surface area contributed by atoms with Crippen molar-refractivity contribution in [3.63, 3.8) is 0 Å². The number of hydrogen-bond donors (Lipinski definition) is 3. The van der Waals surface area contributed by atoms with Crippen LogP contribution in [0.3, 0.4) is 0 Å². The third kappa shape index (κ3) is 2.40. The minimum Gasteiger partial charge on any atom is -0.397 e. The Hall–Kier alpha value is -1.82. The molecule has 84 valence electrons. The molecule has 2 rings (SSSR count). The van der Waals surface area contributed by atoms with Crippen molar-refractivity contribution in [3.8, 4) is 0 Å². The second-order valence-electron chi connectivity index (χ2n) is 3.39. The maximum Gasteiger partial charge on any atom is 0.268 e. The number of nitrogen functional groups attached to an aromatic ring is 1. The third-order valence-electron chi connectivity index (χ3n) is 2.02. The molecule has 4 N–H and O–H groups in total. The monoisotopic (exact) mass is 236 g/mol. The van der Waals surface area contributed by atoms with E-state index in [0.29, 0.717) is 17.9 Å². The summed E-state index contributed by atoms with van der Waals surface area (Å²) in [5, 5.41) is 3.66. The average Bonchev–Trinajstić information content (AvgIpc) is 2.84. The van der Waals surface area contributed by atoms with Crippen LogP contribution in [0, 0.1) is 6.92 Å². The number of anilines is 1. The lowest BCUT2D eigenvalue weighted by Crippen LogP contribution is -2.22. The van der Waals surface area contributed by atoms with Gasteiger partial charge in [-0.1, -0.05) is 0 Å². The van der Waals surface area contributed by atoms with Gasteiger partial charge in [0.15, 0.2) is 0 Å². The normalized spacial score (nSPS) is 10.3. The molecule has 2 heterocycles. The van der Waals surface area contributed by atoms with E-state index < -0.39 is 0 Å². The van der Waals surface area contributed by atoms with Crippen molar-refractivity contribution in [2.24, 2.45) is 0 Å². The van der Waals surface area contributed by atoms with E-state index >= 15 is 0 Å². The number of nitrogens with zero attached hydrogens (tertiary/aromatic N) is 1. The van der Waals surface area contributed by atoms with Crippen molar-refractivity contribution in [1.29, 1.82) is 0 Å². The van der Waals surface area contributed by atoms with Crippen molar-refractivity contribution < 1.29 is 4.79 Å². The van der Waals surface area contributed by atoms with Gasteiger partial charge < -0.3 is 16.0 Å². The van der Waals surface area contributed by atoms with Gasteiger partial charge in [0.25, 0.3) is 5.91 Å². The Morgan fingerprint density at radius 2 is 2.50 bits per heavy atom. The van der Waals surface area contributed by atoms with Crippen LogP contribution in [0.4, 0.5) is 5.69 Å². The Kier molecular flexibility index (Phi) is 2.91. The van der Waals surface area contributed by atoms with Crippen molar-refractivity contribution in [2.75, 3.05) is 5.73 Å². The molecular weight excluding hydrogens is 224 g/mol. The fourth-order valence-electron chi connectivity index (χ4n) is 1.28. The van der Waals surface area contributed by atoms with Gasteiger partial charge in [0.05, 0.1) is 6.54 Å². The molecule has 0 saturated heterocycles. The molecule has 16 heavy (non-hydrogen) atoms. The van der Waals surface area contributed by atoms with Crippen LogP contribution in [0.2, 0.25) is 0 Å². The molecule has 0 aliphatic rings. The van der Waals surface area contributed by atoms with E-state index in [9.17, 15) is 4.79 Å². The first kappa shape index (κ1) is 10.7. The number of aryl methyl sites for hydroxylation is 1. The Labute approximate surface area is 96.7 Å². The van der Waals surface area contributed by atoms with Gasteiger partial charge in [-0.25, -0.2) is 4.98 Å². The SMILES string of the molecule is Cc1cnc(CNC(=O)c2cc(N)c[nH]2)s1. The van der Waals surface area contributed by atoms with E-state index in [1.807, 2.05) is 6.92 Å². The van der Waals surface area contributed by atoms with Gasteiger partial charge in [-0.2, -0.15) is 0 Å². The molecule has 0 aliphatic heterocycles. The molecule has 0 bridgehead atoms. The summed E-state index contributed by atoms with van der Waals surface area (Å²) in [5.41, 5.74) is 6.52. The number of carbonyl (C=O) groups is 1. The lowest BCUT2D eigenvalue weighted by Gasteiger charge is -1.99. The summed E-state index contributed by atoms with van der Waals surface area (Å²) in [5.74, 6) is -0.176. The predicted molar refractivity (Wildman–Crippen MR) is 63.2 cm³/mol. The summed E-state index contributed by atoms with van der Waals surface area (Å²) < 4.78 is 0. The molecule has 2 aromatic heterocycles. The van der Waals surface area contributed by atoms with Gasteiger partial charge in [-0.05, 0) is 13.0 Å². The average molecular weight is 236 g/mol. The van der Waals surface area contributed by atoms with Crippen molar-refractivity contribution in [3.05, 3.63) is 34.0 Å². The lowest BCUT2D eigenvalue weighted by atomic mass is 10.4. The first-order chi connectivity index (χ1) is 7.65. The molecule has 2 aromatic rings. The molecule has 0 atom stereocenters. The van der Waals surface area contributed by atoms with Crippen LogP contribution in [0.1, 0.15) is 20.4 Å². The molecule has 0 saturated carbocycles. The highest BCUT2D eigenvalue weighted by Gasteiger charge is 2.08. The van der Waals surface area contributed by atoms with Crippen LogP contribution in [0.15, 0.2) is 18.5 Å². The standard InChI is InChI=1S/C10H12N4OS/c1-6-3-13-9(16-6)5-14-10(15)8-2-7(11)4-12-8/h2-4,12H,5,11H2,1H3,(H,14,15). The Balaban J connectivity index is 1.93. The molecule has 0 unspecified atom stereocenters. The molecule has 0 aromatic carbocycles. The fourth-order valence-corrected chi connectivity index (χ4v) is 2.00. The van der Waals surface area contributed by atoms with Crippen LogP contribution in [0.25, 0.3) is 0 Å². The maximum atomic E-state index is 11.6. The minimum absolute atomic E-state index is 0.176. The van der Waals surface area contributed by atoms with E-state index in [1.165, 1.54) is 0 Å². The van der Waals surface area contributed by atoms with Crippen LogP contribution >= 0.6 is 11.3 Å². The highest BCUT2D eigenvalue weighted by atomic mass is 32.1. The molecule has 0 aliphatic carbocycles. The summed E-state index contributed by atoms with van der Waals surface area (Å²) in [6.45, 7) is 2.42. The second kappa shape index (κ2) is 4.36. The number of H-pyrrole nitrogens is 1. The number of aromatic nitrogens is 2. The fraction of sp³-hybridized carbons (Fsp3) is 0.200. The van der Waals surface area contributed by atoms with Crippen LogP contribution < -0.4 is 11.1 Å². The van der Waals surface area contributed by atoms with Gasteiger partial charge in [0.1, 0.15) is 10.7 Å². The van der Waals surface area contributed by atoms with Gasteiger partial charge >= 0.3 is 0 Å². The number of rotatable bonds is 3. The van der Waals surface area contributed by atoms with Crippen molar-refractivity contribution in [2.45, 2.75) is 13.5 Å².